The third-order valence-corrected chi connectivity index (χ3v) is 7.16. The lowest BCUT2D eigenvalue weighted by atomic mass is 9.79. The Morgan fingerprint density at radius 2 is 1.88 bits per heavy atom. The Bertz CT molecular complexity index is 1180. The molecular formula is C25H32N6O3. The second-order valence-electron chi connectivity index (χ2n) is 9.30. The first kappa shape index (κ1) is 22.7. The number of aromatic nitrogens is 4. The fourth-order valence-electron chi connectivity index (χ4n) is 5.28. The van der Waals surface area contributed by atoms with Crippen LogP contribution in [0.1, 0.15) is 44.3 Å². The number of nitrogens with zero attached hydrogens (tertiary/aromatic N) is 4. The number of benzene rings is 1. The number of H-pyrrole nitrogens is 1. The quantitative estimate of drug-likeness (QED) is 0.555. The van der Waals surface area contributed by atoms with E-state index in [4.69, 9.17) is 4.74 Å². The highest BCUT2D eigenvalue weighted by molar-refractivity contribution is 5.77. The van der Waals surface area contributed by atoms with E-state index >= 15 is 0 Å². The molecule has 1 aliphatic heterocycles. The molecule has 5 rings (SSSR count). The fraction of sp³-hybridized carbons (Fsp3) is 0.520. The van der Waals surface area contributed by atoms with Crippen molar-refractivity contribution in [1.82, 2.24) is 30.0 Å². The average molecular weight is 465 g/mol. The molecule has 0 unspecified atom stereocenters. The van der Waals surface area contributed by atoms with Crippen molar-refractivity contribution >= 4 is 16.9 Å². The molecule has 2 aliphatic rings. The van der Waals surface area contributed by atoms with E-state index in [1.165, 1.54) is 25.5 Å². The van der Waals surface area contributed by atoms with Crippen LogP contribution in [-0.2, 0) is 16.0 Å². The monoisotopic (exact) mass is 464 g/mol. The van der Waals surface area contributed by atoms with Gasteiger partial charge in [0.15, 0.2) is 5.65 Å². The van der Waals surface area contributed by atoms with Gasteiger partial charge < -0.3 is 15.0 Å². The summed E-state index contributed by atoms with van der Waals surface area (Å²) in [6.07, 6.45) is 8.06. The first-order chi connectivity index (χ1) is 16.6. The van der Waals surface area contributed by atoms with Crippen molar-refractivity contribution in [1.29, 1.82) is 0 Å². The number of amides is 1. The number of aromatic amines is 1. The van der Waals surface area contributed by atoms with Gasteiger partial charge in [-0.1, -0.05) is 37.5 Å². The summed E-state index contributed by atoms with van der Waals surface area (Å²) in [5, 5.41) is 7.96. The van der Waals surface area contributed by atoms with Gasteiger partial charge in [0, 0.05) is 38.0 Å². The number of fused-ring (bicyclic) bond motifs is 1. The smallest absolute Gasteiger partial charge is 0.262 e. The van der Waals surface area contributed by atoms with Gasteiger partial charge in [-0.15, -0.1) is 0 Å². The number of hydrogen-bond donors (Lipinski definition) is 2. The number of nitrogens with one attached hydrogen (secondary N) is 2. The predicted octanol–water partition coefficient (Wildman–Crippen LogP) is 2.19. The third kappa shape index (κ3) is 4.76. The van der Waals surface area contributed by atoms with E-state index in [1.54, 1.807) is 4.68 Å². The summed E-state index contributed by atoms with van der Waals surface area (Å²) in [4.78, 5) is 35.3. The van der Waals surface area contributed by atoms with Crippen LogP contribution in [0.5, 0.6) is 0 Å². The Hall–Kier alpha value is -3.04. The van der Waals surface area contributed by atoms with Crippen LogP contribution in [0.4, 0.5) is 0 Å². The van der Waals surface area contributed by atoms with Gasteiger partial charge in [0.2, 0.25) is 5.91 Å². The van der Waals surface area contributed by atoms with E-state index in [9.17, 15) is 9.59 Å². The van der Waals surface area contributed by atoms with E-state index in [-0.39, 0.29) is 23.4 Å². The van der Waals surface area contributed by atoms with Gasteiger partial charge in [-0.05, 0) is 25.0 Å². The van der Waals surface area contributed by atoms with Crippen LogP contribution in [0.25, 0.3) is 16.7 Å². The zero-order chi connectivity index (χ0) is 23.4. The molecule has 2 fully saturated rings. The lowest BCUT2D eigenvalue weighted by molar-refractivity contribution is -0.122. The minimum Gasteiger partial charge on any atom is -0.379 e. The molecule has 34 heavy (non-hydrogen) atoms. The Balaban J connectivity index is 1.25. The van der Waals surface area contributed by atoms with Crippen molar-refractivity contribution in [3.8, 4) is 5.69 Å². The molecule has 0 atom stereocenters. The summed E-state index contributed by atoms with van der Waals surface area (Å²) in [5.41, 5.74) is 1.13. The largest absolute Gasteiger partial charge is 0.379 e. The van der Waals surface area contributed by atoms with Crippen LogP contribution < -0.4 is 10.9 Å². The number of hydrogen-bond acceptors (Lipinski definition) is 6. The van der Waals surface area contributed by atoms with Crippen LogP contribution in [0.3, 0.4) is 0 Å². The number of carbonyl (C=O) groups is 1. The van der Waals surface area contributed by atoms with Gasteiger partial charge in [-0.25, -0.2) is 9.67 Å². The highest BCUT2D eigenvalue weighted by Crippen LogP contribution is 2.33. The molecule has 0 bridgehead atoms. The van der Waals surface area contributed by atoms with Crippen molar-refractivity contribution in [2.45, 2.75) is 50.5 Å². The predicted molar refractivity (Wildman–Crippen MR) is 129 cm³/mol. The third-order valence-electron chi connectivity index (χ3n) is 7.16. The summed E-state index contributed by atoms with van der Waals surface area (Å²) < 4.78 is 7.20. The fourth-order valence-corrected chi connectivity index (χ4v) is 5.28. The first-order valence-corrected chi connectivity index (χ1v) is 12.3. The molecule has 1 aromatic carbocycles. The van der Waals surface area contributed by atoms with E-state index in [0.717, 1.165) is 44.8 Å². The summed E-state index contributed by atoms with van der Waals surface area (Å²) in [7, 11) is 0. The topological polar surface area (TPSA) is 105 Å². The molecular weight excluding hydrogens is 432 g/mol. The lowest BCUT2D eigenvalue weighted by Crippen LogP contribution is -2.59. The number of rotatable bonds is 7. The number of morpholine rings is 1. The normalized spacial score (nSPS) is 18.7. The Kier molecular flexibility index (Phi) is 6.73. The first-order valence-electron chi connectivity index (χ1n) is 12.3. The van der Waals surface area contributed by atoms with Gasteiger partial charge in [0.25, 0.3) is 5.56 Å². The molecule has 1 aliphatic carbocycles. The molecule has 3 heterocycles. The van der Waals surface area contributed by atoms with Crippen molar-refractivity contribution in [3.05, 3.63) is 52.7 Å². The minimum absolute atomic E-state index is 0.0162. The van der Waals surface area contributed by atoms with E-state index in [0.29, 0.717) is 29.8 Å². The summed E-state index contributed by atoms with van der Waals surface area (Å²) in [5.74, 6) is 0.475. The maximum atomic E-state index is 12.8. The zero-order valence-electron chi connectivity index (χ0n) is 19.5. The number of carbonyl (C=O) groups excluding carboxylic acids is 1. The van der Waals surface area contributed by atoms with Crippen LogP contribution >= 0.6 is 0 Å². The van der Waals surface area contributed by atoms with Crippen LogP contribution in [0.2, 0.25) is 0 Å². The lowest BCUT2D eigenvalue weighted by Gasteiger charge is -2.48. The second kappa shape index (κ2) is 10.1. The number of aryl methyl sites for hydroxylation is 1. The standard InChI is InChI=1S/C25H32N6O3/c32-22(26-18-25(11-5-2-6-12-25)30-13-15-34-16-14-30)10-9-21-28-23-20(24(33)29-21)17-27-31(23)19-7-3-1-4-8-19/h1,3-4,7-8,17H,2,5-6,9-16,18H2,(H,26,32)(H,28,29,33). The van der Waals surface area contributed by atoms with E-state index in [1.807, 2.05) is 30.3 Å². The van der Waals surface area contributed by atoms with Crippen LogP contribution in [0, 0.1) is 0 Å². The molecule has 2 aromatic heterocycles. The van der Waals surface area contributed by atoms with Gasteiger partial charge >= 0.3 is 0 Å². The maximum Gasteiger partial charge on any atom is 0.262 e. The second-order valence-corrected chi connectivity index (χ2v) is 9.30. The molecule has 0 radical (unpaired) electrons. The van der Waals surface area contributed by atoms with Crippen LogP contribution in [-0.4, -0.2) is 68.9 Å². The van der Waals surface area contributed by atoms with Crippen molar-refractivity contribution in [2.24, 2.45) is 0 Å². The maximum absolute atomic E-state index is 12.8. The Labute approximate surface area is 198 Å². The van der Waals surface area contributed by atoms with Crippen molar-refractivity contribution in [3.63, 3.8) is 0 Å². The SMILES string of the molecule is O=C(CCc1nc2c(cnn2-c2ccccc2)c(=O)[nH]1)NCC1(N2CCOCC2)CCCCC1. The highest BCUT2D eigenvalue weighted by atomic mass is 16.5. The number of para-hydroxylation sites is 1. The molecule has 1 saturated carbocycles. The molecule has 180 valence electrons. The molecule has 0 spiro atoms. The molecule has 1 saturated heterocycles. The van der Waals surface area contributed by atoms with E-state index in [2.05, 4.69) is 25.3 Å². The average Bonchev–Trinajstić information content (AvgIpc) is 3.32. The van der Waals surface area contributed by atoms with Crippen molar-refractivity contribution in [2.75, 3.05) is 32.8 Å². The minimum atomic E-state index is -0.240. The van der Waals surface area contributed by atoms with Gasteiger partial charge in [-0.2, -0.15) is 5.10 Å². The molecule has 1 amide bonds. The summed E-state index contributed by atoms with van der Waals surface area (Å²) in [6.45, 7) is 4.04. The molecule has 2 N–H and O–H groups in total. The van der Waals surface area contributed by atoms with Gasteiger partial charge in [-0.3, -0.25) is 14.5 Å². The van der Waals surface area contributed by atoms with Crippen molar-refractivity contribution < 1.29 is 9.53 Å². The van der Waals surface area contributed by atoms with Crippen LogP contribution in [0.15, 0.2) is 41.3 Å². The van der Waals surface area contributed by atoms with Gasteiger partial charge in [0.05, 0.1) is 25.1 Å². The Morgan fingerprint density at radius 3 is 2.65 bits per heavy atom. The zero-order valence-corrected chi connectivity index (χ0v) is 19.5. The van der Waals surface area contributed by atoms with Gasteiger partial charge in [0.1, 0.15) is 11.2 Å². The number of ether oxygens (including phenoxy) is 1. The molecule has 9 nitrogen and oxygen atoms in total. The molecule has 3 aromatic rings. The summed E-state index contributed by atoms with van der Waals surface area (Å²) in [6, 6.07) is 9.58. The van der Waals surface area contributed by atoms with E-state index < -0.39 is 0 Å². The summed E-state index contributed by atoms with van der Waals surface area (Å²) >= 11 is 0. The highest BCUT2D eigenvalue weighted by Gasteiger charge is 2.38. The molecule has 9 heteroatoms. The Morgan fingerprint density at radius 1 is 1.12 bits per heavy atom.